The molecule has 0 heterocycles. The Hall–Kier alpha value is -0.260. The van der Waals surface area contributed by atoms with Crippen LogP contribution in [0.15, 0.2) is 12.2 Å². The van der Waals surface area contributed by atoms with Crippen LogP contribution in [0.25, 0.3) is 0 Å². The van der Waals surface area contributed by atoms with Crippen LogP contribution in [0.4, 0.5) is 0 Å². The molecule has 0 aromatic heterocycles. The van der Waals surface area contributed by atoms with Crippen LogP contribution in [-0.2, 0) is 0 Å². The van der Waals surface area contributed by atoms with Crippen molar-refractivity contribution in [2.45, 2.75) is 33.6 Å². The van der Waals surface area contributed by atoms with Crippen LogP contribution < -0.4 is 0 Å². The molecule has 0 spiro atoms. The minimum Gasteiger partial charge on any atom is -0.100 e. The van der Waals surface area contributed by atoms with Crippen molar-refractivity contribution in [1.29, 1.82) is 0 Å². The minimum atomic E-state index is 0.826. The maximum absolute atomic E-state index is 3.84. The van der Waals surface area contributed by atoms with Crippen LogP contribution in [0.3, 0.4) is 0 Å². The summed E-state index contributed by atoms with van der Waals surface area (Å²) >= 11 is 0. The second-order valence-corrected chi connectivity index (χ2v) is 2.67. The van der Waals surface area contributed by atoms with Crippen LogP contribution in [0.2, 0.25) is 0 Å². The first-order valence-corrected chi connectivity index (χ1v) is 3.31. The normalized spacial score (nSPS) is 13.4. The molecule has 0 fully saturated rings. The fourth-order valence-corrected chi connectivity index (χ4v) is 0.739. The van der Waals surface area contributed by atoms with Crippen molar-refractivity contribution in [3.8, 4) is 0 Å². The lowest BCUT2D eigenvalue weighted by molar-refractivity contribution is 0.558. The van der Waals surface area contributed by atoms with E-state index in [0.29, 0.717) is 0 Å². The number of allylic oxidation sites excluding steroid dienone is 1. The molecule has 0 saturated carbocycles. The van der Waals surface area contributed by atoms with E-state index in [1.165, 1.54) is 18.4 Å². The first-order chi connectivity index (χ1) is 3.66. The Balaban J connectivity index is 3.24. The maximum atomic E-state index is 3.84. The molecule has 0 radical (unpaired) electrons. The van der Waals surface area contributed by atoms with Crippen LogP contribution >= 0.6 is 0 Å². The second-order valence-electron chi connectivity index (χ2n) is 2.67. The van der Waals surface area contributed by atoms with E-state index < -0.39 is 0 Å². The molecule has 0 amide bonds. The third-order valence-corrected chi connectivity index (χ3v) is 1.39. The molecule has 0 nitrogen and oxygen atoms in total. The summed E-state index contributed by atoms with van der Waals surface area (Å²) in [6, 6.07) is 0. The molecule has 0 aromatic rings. The Morgan fingerprint density at radius 2 is 2.12 bits per heavy atom. The summed E-state index contributed by atoms with van der Waals surface area (Å²) in [6.07, 6.45) is 2.46. The molecule has 8 heavy (non-hydrogen) atoms. The summed E-state index contributed by atoms with van der Waals surface area (Å²) < 4.78 is 0. The number of hydrogen-bond acceptors (Lipinski definition) is 0. The van der Waals surface area contributed by atoms with Gasteiger partial charge in [-0.25, -0.2) is 0 Å². The lowest BCUT2D eigenvalue weighted by atomic mass is 10.0. The Labute approximate surface area is 52.6 Å². The van der Waals surface area contributed by atoms with E-state index in [1.807, 2.05) is 0 Å². The van der Waals surface area contributed by atoms with Gasteiger partial charge in [0.2, 0.25) is 0 Å². The molecule has 0 heteroatoms. The molecule has 0 aliphatic carbocycles. The Bertz CT molecular complexity index is 72.1. The topological polar surface area (TPSA) is 0 Å². The van der Waals surface area contributed by atoms with E-state index in [2.05, 4.69) is 27.4 Å². The van der Waals surface area contributed by atoms with Gasteiger partial charge in [0.25, 0.3) is 0 Å². The molecule has 0 aliphatic heterocycles. The smallest absolute Gasteiger partial charge is 0.0300 e. The zero-order chi connectivity index (χ0) is 6.57. The fraction of sp³-hybridized carbons (Fsp3) is 0.750. The number of hydrogen-bond donors (Lipinski definition) is 0. The quantitative estimate of drug-likeness (QED) is 0.492. The van der Waals surface area contributed by atoms with Gasteiger partial charge in [0.1, 0.15) is 0 Å². The lowest BCUT2D eigenvalue weighted by Gasteiger charge is -2.05. The molecular formula is C8H16. The largest absolute Gasteiger partial charge is 0.100 e. The molecule has 0 unspecified atom stereocenters. The van der Waals surface area contributed by atoms with E-state index in [1.54, 1.807) is 0 Å². The first kappa shape index (κ1) is 7.74. The SMILES string of the molecule is C=C(C)C[C@@H](C)CC. The highest BCUT2D eigenvalue weighted by Gasteiger charge is 1.95. The highest BCUT2D eigenvalue weighted by atomic mass is 14.0. The summed E-state index contributed by atoms with van der Waals surface area (Å²) in [7, 11) is 0. The molecule has 0 saturated heterocycles. The third-order valence-electron chi connectivity index (χ3n) is 1.39. The van der Waals surface area contributed by atoms with Gasteiger partial charge in [-0.2, -0.15) is 0 Å². The predicted octanol–water partition coefficient (Wildman–Crippen LogP) is 3.00. The third kappa shape index (κ3) is 3.91. The van der Waals surface area contributed by atoms with E-state index in [0.717, 1.165) is 5.92 Å². The van der Waals surface area contributed by atoms with Crippen molar-refractivity contribution in [2.24, 2.45) is 5.92 Å². The zero-order valence-corrected chi connectivity index (χ0v) is 6.20. The van der Waals surface area contributed by atoms with Crippen LogP contribution in [0.5, 0.6) is 0 Å². The van der Waals surface area contributed by atoms with E-state index >= 15 is 0 Å². The van der Waals surface area contributed by atoms with Gasteiger partial charge in [0.05, 0.1) is 0 Å². The van der Waals surface area contributed by atoms with Gasteiger partial charge in [-0.1, -0.05) is 25.8 Å². The minimum absolute atomic E-state index is 0.826. The van der Waals surface area contributed by atoms with E-state index in [-0.39, 0.29) is 0 Å². The van der Waals surface area contributed by atoms with E-state index in [9.17, 15) is 0 Å². The molecule has 1 atom stereocenters. The first-order valence-electron chi connectivity index (χ1n) is 3.31. The monoisotopic (exact) mass is 112 g/mol. The molecule has 0 bridgehead atoms. The summed E-state index contributed by atoms with van der Waals surface area (Å²) in [5, 5.41) is 0. The molecule has 0 aliphatic rings. The van der Waals surface area contributed by atoms with Crippen molar-refractivity contribution < 1.29 is 0 Å². The van der Waals surface area contributed by atoms with Crippen molar-refractivity contribution >= 4 is 0 Å². The van der Waals surface area contributed by atoms with Crippen molar-refractivity contribution in [2.75, 3.05) is 0 Å². The molecule has 48 valence electrons. The fourth-order valence-electron chi connectivity index (χ4n) is 0.739. The summed E-state index contributed by atoms with van der Waals surface area (Å²) in [5.41, 5.74) is 1.30. The predicted molar refractivity (Wildman–Crippen MR) is 38.9 cm³/mol. The van der Waals surface area contributed by atoms with Crippen molar-refractivity contribution in [1.82, 2.24) is 0 Å². The van der Waals surface area contributed by atoms with Crippen LogP contribution in [0.1, 0.15) is 33.6 Å². The number of rotatable bonds is 3. The lowest BCUT2D eigenvalue weighted by Crippen LogP contribution is -1.90. The van der Waals surface area contributed by atoms with Gasteiger partial charge in [-0.3, -0.25) is 0 Å². The van der Waals surface area contributed by atoms with Gasteiger partial charge in [-0.05, 0) is 19.3 Å². The van der Waals surface area contributed by atoms with Gasteiger partial charge in [0, 0.05) is 0 Å². The standard InChI is InChI=1S/C8H16/c1-5-8(4)6-7(2)3/h8H,2,5-6H2,1,3-4H3/t8-/m0/s1. The Morgan fingerprint density at radius 3 is 2.25 bits per heavy atom. The second kappa shape index (κ2) is 3.71. The Morgan fingerprint density at radius 1 is 1.62 bits per heavy atom. The van der Waals surface area contributed by atoms with Crippen molar-refractivity contribution in [3.63, 3.8) is 0 Å². The highest BCUT2D eigenvalue weighted by molar-refractivity contribution is 4.88. The zero-order valence-electron chi connectivity index (χ0n) is 6.20. The molecule has 0 aromatic carbocycles. The van der Waals surface area contributed by atoms with Gasteiger partial charge < -0.3 is 0 Å². The van der Waals surface area contributed by atoms with Crippen molar-refractivity contribution in [3.05, 3.63) is 12.2 Å². The molecular weight excluding hydrogens is 96.1 g/mol. The molecule has 0 N–H and O–H groups in total. The van der Waals surface area contributed by atoms with Crippen LogP contribution in [-0.4, -0.2) is 0 Å². The summed E-state index contributed by atoms with van der Waals surface area (Å²) in [4.78, 5) is 0. The van der Waals surface area contributed by atoms with Crippen LogP contribution in [0, 0.1) is 5.92 Å². The van der Waals surface area contributed by atoms with Gasteiger partial charge in [0.15, 0.2) is 0 Å². The average molecular weight is 112 g/mol. The summed E-state index contributed by atoms with van der Waals surface area (Å²) in [5.74, 6) is 0.826. The molecule has 0 rings (SSSR count). The Kier molecular flexibility index (Phi) is 3.59. The van der Waals surface area contributed by atoms with E-state index in [4.69, 9.17) is 0 Å². The van der Waals surface area contributed by atoms with Gasteiger partial charge in [-0.15, -0.1) is 6.58 Å². The maximum Gasteiger partial charge on any atom is -0.0300 e. The highest BCUT2D eigenvalue weighted by Crippen LogP contribution is 2.11. The van der Waals surface area contributed by atoms with Gasteiger partial charge >= 0.3 is 0 Å². The average Bonchev–Trinajstić information content (AvgIpc) is 1.65. The summed E-state index contributed by atoms with van der Waals surface area (Å²) in [6.45, 7) is 10.4.